The van der Waals surface area contributed by atoms with Crippen LogP contribution in [0.25, 0.3) is 0 Å². The summed E-state index contributed by atoms with van der Waals surface area (Å²) in [6, 6.07) is 0.770. The van der Waals surface area contributed by atoms with Crippen molar-refractivity contribution in [2.24, 2.45) is 11.3 Å². The molecular formula is C16H28N2O. The highest BCUT2D eigenvalue weighted by atomic mass is 16.1. The summed E-state index contributed by atoms with van der Waals surface area (Å²) in [5.74, 6) is 0.822. The Morgan fingerprint density at radius 2 is 1.95 bits per heavy atom. The van der Waals surface area contributed by atoms with Crippen LogP contribution in [0.15, 0.2) is 0 Å². The van der Waals surface area contributed by atoms with Crippen LogP contribution >= 0.6 is 0 Å². The van der Waals surface area contributed by atoms with Crippen molar-refractivity contribution in [3.8, 4) is 0 Å². The van der Waals surface area contributed by atoms with Crippen LogP contribution in [0.5, 0.6) is 0 Å². The maximum Gasteiger partial charge on any atom is 0.142 e. The molecule has 0 bridgehead atoms. The third-order valence-electron chi connectivity index (χ3n) is 5.52. The zero-order chi connectivity index (χ0) is 13.5. The molecule has 0 spiro atoms. The van der Waals surface area contributed by atoms with Crippen molar-refractivity contribution >= 4 is 5.78 Å². The molecule has 0 aromatic carbocycles. The summed E-state index contributed by atoms with van der Waals surface area (Å²) in [7, 11) is 0. The summed E-state index contributed by atoms with van der Waals surface area (Å²) in [4.78, 5) is 17.6. The normalized spacial score (nSPS) is 36.4. The molecule has 0 radical (unpaired) electrons. The van der Waals surface area contributed by atoms with Gasteiger partial charge in [0.05, 0.1) is 0 Å². The first-order valence-corrected chi connectivity index (χ1v) is 8.07. The highest BCUT2D eigenvalue weighted by molar-refractivity contribution is 5.88. The molecule has 0 amide bonds. The molecule has 1 saturated carbocycles. The Hall–Kier alpha value is -0.410. The van der Waals surface area contributed by atoms with Crippen molar-refractivity contribution in [1.82, 2.24) is 9.80 Å². The van der Waals surface area contributed by atoms with Crippen LogP contribution in [-0.2, 0) is 4.79 Å². The van der Waals surface area contributed by atoms with Crippen molar-refractivity contribution in [2.75, 3.05) is 32.7 Å². The van der Waals surface area contributed by atoms with Crippen molar-refractivity contribution in [2.45, 2.75) is 52.0 Å². The predicted molar refractivity (Wildman–Crippen MR) is 77.2 cm³/mol. The number of hydrogen-bond acceptors (Lipinski definition) is 3. The third-order valence-corrected chi connectivity index (χ3v) is 5.52. The number of carbonyl (C=O) groups excluding carboxylic acids is 1. The van der Waals surface area contributed by atoms with Crippen molar-refractivity contribution in [3.05, 3.63) is 0 Å². The average molecular weight is 264 g/mol. The third kappa shape index (κ3) is 2.73. The van der Waals surface area contributed by atoms with Crippen LogP contribution < -0.4 is 0 Å². The molecule has 0 aromatic rings. The molecular weight excluding hydrogens is 236 g/mol. The van der Waals surface area contributed by atoms with E-state index >= 15 is 0 Å². The van der Waals surface area contributed by atoms with Gasteiger partial charge in [0, 0.05) is 30.5 Å². The number of Topliss-reactive ketones (excluding diaryl/α,β-unsaturated/α-hetero) is 1. The van der Waals surface area contributed by atoms with Crippen LogP contribution in [0, 0.1) is 11.3 Å². The molecule has 108 valence electrons. The van der Waals surface area contributed by atoms with Crippen LogP contribution in [0.3, 0.4) is 0 Å². The van der Waals surface area contributed by atoms with E-state index in [4.69, 9.17) is 0 Å². The minimum Gasteiger partial charge on any atom is -0.301 e. The quantitative estimate of drug-likeness (QED) is 0.763. The van der Waals surface area contributed by atoms with Crippen LogP contribution in [0.4, 0.5) is 0 Å². The van der Waals surface area contributed by atoms with Gasteiger partial charge in [-0.1, -0.05) is 13.8 Å². The molecule has 3 rings (SSSR count). The average Bonchev–Trinajstić information content (AvgIpc) is 2.83. The van der Waals surface area contributed by atoms with Gasteiger partial charge in [-0.2, -0.15) is 0 Å². The van der Waals surface area contributed by atoms with Crippen molar-refractivity contribution in [1.29, 1.82) is 0 Å². The summed E-state index contributed by atoms with van der Waals surface area (Å²) < 4.78 is 0. The van der Waals surface area contributed by atoms with Gasteiger partial charge in [-0.3, -0.25) is 9.69 Å². The Morgan fingerprint density at radius 1 is 1.16 bits per heavy atom. The molecule has 19 heavy (non-hydrogen) atoms. The van der Waals surface area contributed by atoms with E-state index in [1.165, 1.54) is 45.4 Å². The fourth-order valence-corrected chi connectivity index (χ4v) is 4.28. The van der Waals surface area contributed by atoms with Crippen molar-refractivity contribution < 1.29 is 4.79 Å². The number of carbonyl (C=O) groups is 1. The first-order chi connectivity index (χ1) is 9.06. The minimum atomic E-state index is -0.0596. The Morgan fingerprint density at radius 3 is 2.68 bits per heavy atom. The summed E-state index contributed by atoms with van der Waals surface area (Å²) >= 11 is 0. The lowest BCUT2D eigenvalue weighted by atomic mass is 9.89. The van der Waals surface area contributed by atoms with Gasteiger partial charge in [0.15, 0.2) is 0 Å². The number of hydrogen-bond donors (Lipinski definition) is 0. The fraction of sp³-hybridized carbons (Fsp3) is 0.938. The minimum absolute atomic E-state index is 0.0596. The van der Waals surface area contributed by atoms with Gasteiger partial charge < -0.3 is 4.90 Å². The predicted octanol–water partition coefficient (Wildman–Crippen LogP) is 2.16. The van der Waals surface area contributed by atoms with E-state index < -0.39 is 0 Å². The van der Waals surface area contributed by atoms with Gasteiger partial charge in [-0.15, -0.1) is 0 Å². The van der Waals surface area contributed by atoms with Gasteiger partial charge in [-0.05, 0) is 51.7 Å². The lowest BCUT2D eigenvalue weighted by Crippen LogP contribution is -2.40. The van der Waals surface area contributed by atoms with Crippen LogP contribution in [0.2, 0.25) is 0 Å². The molecule has 2 unspecified atom stereocenters. The smallest absolute Gasteiger partial charge is 0.142 e. The van der Waals surface area contributed by atoms with Gasteiger partial charge in [0.25, 0.3) is 0 Å². The van der Waals surface area contributed by atoms with Gasteiger partial charge in [0.1, 0.15) is 5.78 Å². The zero-order valence-corrected chi connectivity index (χ0v) is 12.5. The lowest BCUT2D eigenvalue weighted by Gasteiger charge is -2.27. The van der Waals surface area contributed by atoms with E-state index in [0.717, 1.165) is 25.4 Å². The molecule has 2 saturated heterocycles. The van der Waals surface area contributed by atoms with E-state index in [9.17, 15) is 4.79 Å². The van der Waals surface area contributed by atoms with E-state index in [1.807, 2.05) is 0 Å². The summed E-state index contributed by atoms with van der Waals surface area (Å²) in [6.07, 6.45) is 6.20. The standard InChI is InChI=1S/C16H28N2O/c1-16(2)7-6-13(15(16)19)11-17-8-4-10-18-9-3-5-14(18)12-17/h13-14H,3-12H2,1-2H3. The number of fused-ring (bicyclic) bond motifs is 1. The zero-order valence-electron chi connectivity index (χ0n) is 12.5. The highest BCUT2D eigenvalue weighted by Gasteiger charge is 2.41. The second kappa shape index (κ2) is 5.17. The first kappa shape index (κ1) is 13.6. The monoisotopic (exact) mass is 264 g/mol. The molecule has 3 heteroatoms. The molecule has 2 aliphatic heterocycles. The molecule has 3 nitrogen and oxygen atoms in total. The van der Waals surface area contributed by atoms with Gasteiger partial charge in [-0.25, -0.2) is 0 Å². The molecule has 0 aromatic heterocycles. The topological polar surface area (TPSA) is 23.6 Å². The largest absolute Gasteiger partial charge is 0.301 e. The Bertz CT molecular complexity index is 353. The maximum atomic E-state index is 12.4. The van der Waals surface area contributed by atoms with Crippen LogP contribution in [0.1, 0.15) is 46.0 Å². The maximum absolute atomic E-state index is 12.4. The van der Waals surface area contributed by atoms with Gasteiger partial charge in [0.2, 0.25) is 0 Å². The molecule has 3 fully saturated rings. The second-order valence-electron chi connectivity index (χ2n) is 7.43. The number of rotatable bonds is 2. The molecule has 3 aliphatic rings. The molecule has 2 heterocycles. The summed E-state index contributed by atoms with van der Waals surface area (Å²) in [6.45, 7) is 10.2. The Labute approximate surface area is 117 Å². The van der Waals surface area contributed by atoms with Crippen LogP contribution in [-0.4, -0.2) is 54.3 Å². The van der Waals surface area contributed by atoms with E-state index in [0.29, 0.717) is 11.7 Å². The fourth-order valence-electron chi connectivity index (χ4n) is 4.28. The second-order valence-corrected chi connectivity index (χ2v) is 7.43. The molecule has 0 N–H and O–H groups in total. The summed E-state index contributed by atoms with van der Waals surface area (Å²) in [5.41, 5.74) is -0.0596. The van der Waals surface area contributed by atoms with E-state index in [-0.39, 0.29) is 5.41 Å². The Balaban J connectivity index is 1.59. The van der Waals surface area contributed by atoms with E-state index in [2.05, 4.69) is 23.6 Å². The highest BCUT2D eigenvalue weighted by Crippen LogP contribution is 2.38. The SMILES string of the molecule is CC1(C)CCC(CN2CCCN3CCCC3C2)C1=O. The summed E-state index contributed by atoms with van der Waals surface area (Å²) in [5, 5.41) is 0. The van der Waals surface area contributed by atoms with Gasteiger partial charge >= 0.3 is 0 Å². The number of nitrogens with zero attached hydrogens (tertiary/aromatic N) is 2. The van der Waals surface area contributed by atoms with E-state index in [1.54, 1.807) is 0 Å². The number of ketones is 1. The lowest BCUT2D eigenvalue weighted by molar-refractivity contribution is -0.128. The molecule has 1 aliphatic carbocycles. The first-order valence-electron chi connectivity index (χ1n) is 8.07. The molecule has 2 atom stereocenters. The van der Waals surface area contributed by atoms with Crippen molar-refractivity contribution in [3.63, 3.8) is 0 Å². The Kier molecular flexibility index (Phi) is 3.69.